The second kappa shape index (κ2) is 6.31. The van der Waals surface area contributed by atoms with Crippen molar-refractivity contribution in [3.05, 3.63) is 41.5 Å². The van der Waals surface area contributed by atoms with Crippen LogP contribution in [0.2, 0.25) is 0 Å². The van der Waals surface area contributed by atoms with E-state index in [2.05, 4.69) is 54.9 Å². The molecule has 0 amide bonds. The molecule has 0 aliphatic rings. The molecule has 0 saturated carbocycles. The minimum absolute atomic E-state index is 0.139. The smallest absolute Gasteiger partial charge is 0.159 e. The van der Waals surface area contributed by atoms with Gasteiger partial charge >= 0.3 is 0 Å². The zero-order valence-electron chi connectivity index (χ0n) is 13.6. The molecule has 0 unspecified atom stereocenters. The largest absolute Gasteiger partial charge is 0.312 e. The Balaban J connectivity index is 2.18. The van der Waals surface area contributed by atoms with Crippen molar-refractivity contribution in [2.75, 3.05) is 6.54 Å². The summed E-state index contributed by atoms with van der Waals surface area (Å²) in [4.78, 5) is 13.3. The lowest BCUT2D eigenvalue weighted by Crippen LogP contribution is -2.37. The maximum absolute atomic E-state index is 4.65. The quantitative estimate of drug-likeness (QED) is 0.937. The fraction of sp³-hybridized carbons (Fsp3) is 0.471. The monoisotopic (exact) mass is 284 g/mol. The summed E-state index contributed by atoms with van der Waals surface area (Å²) in [6.45, 7) is 11.6. The maximum Gasteiger partial charge on any atom is 0.159 e. The Hall–Kier alpha value is -1.81. The molecule has 2 aromatic rings. The summed E-state index contributed by atoms with van der Waals surface area (Å²) in [5, 5.41) is 3.51. The molecule has 0 atom stereocenters. The van der Waals surface area contributed by atoms with Crippen molar-refractivity contribution in [1.29, 1.82) is 0 Å². The molecule has 0 saturated heterocycles. The van der Waals surface area contributed by atoms with E-state index in [1.165, 1.54) is 5.56 Å². The molecule has 0 radical (unpaired) electrons. The zero-order valence-corrected chi connectivity index (χ0v) is 13.6. The first kappa shape index (κ1) is 15.6. The van der Waals surface area contributed by atoms with Crippen molar-refractivity contribution < 1.29 is 0 Å². The van der Waals surface area contributed by atoms with Crippen molar-refractivity contribution in [3.8, 4) is 11.4 Å². The van der Waals surface area contributed by atoms with Crippen LogP contribution in [0.3, 0.4) is 0 Å². The van der Waals surface area contributed by atoms with Gasteiger partial charge in [0.25, 0.3) is 0 Å². The predicted molar refractivity (Wildman–Crippen MR) is 86.2 cm³/mol. The van der Waals surface area contributed by atoms with Crippen LogP contribution >= 0.6 is 0 Å². The minimum atomic E-state index is 0.139. The van der Waals surface area contributed by atoms with Gasteiger partial charge in [-0.25, -0.2) is 9.97 Å². The standard InChI is InChI=1S/C17H24N4/c1-12-15(8-11-19-17(3,4)5)13(2)21-16(20-12)14-6-9-18-10-7-14/h6-7,9-10,19H,8,11H2,1-5H3. The van der Waals surface area contributed by atoms with Crippen LogP contribution in [0.25, 0.3) is 11.4 Å². The molecule has 0 bridgehead atoms. The van der Waals surface area contributed by atoms with Gasteiger partial charge in [-0.15, -0.1) is 0 Å². The molecule has 0 fully saturated rings. The highest BCUT2D eigenvalue weighted by Crippen LogP contribution is 2.18. The van der Waals surface area contributed by atoms with Gasteiger partial charge in [0.1, 0.15) is 0 Å². The summed E-state index contributed by atoms with van der Waals surface area (Å²) in [7, 11) is 0. The normalized spacial score (nSPS) is 11.7. The van der Waals surface area contributed by atoms with E-state index < -0.39 is 0 Å². The Kier molecular flexibility index (Phi) is 4.68. The lowest BCUT2D eigenvalue weighted by molar-refractivity contribution is 0.429. The lowest BCUT2D eigenvalue weighted by atomic mass is 10.1. The van der Waals surface area contributed by atoms with Crippen LogP contribution in [0, 0.1) is 13.8 Å². The average Bonchev–Trinajstić information content (AvgIpc) is 2.41. The minimum Gasteiger partial charge on any atom is -0.312 e. The molecule has 0 aliphatic heterocycles. The predicted octanol–water partition coefficient (Wildman–Crippen LogP) is 3.09. The first-order valence-corrected chi connectivity index (χ1v) is 7.36. The van der Waals surface area contributed by atoms with Gasteiger partial charge in [0.2, 0.25) is 0 Å². The van der Waals surface area contributed by atoms with E-state index in [-0.39, 0.29) is 5.54 Å². The Morgan fingerprint density at radius 2 is 1.57 bits per heavy atom. The molecule has 2 aromatic heterocycles. The summed E-state index contributed by atoms with van der Waals surface area (Å²) >= 11 is 0. The van der Waals surface area contributed by atoms with E-state index >= 15 is 0 Å². The van der Waals surface area contributed by atoms with E-state index in [9.17, 15) is 0 Å². The third-order valence-corrected chi connectivity index (χ3v) is 3.39. The van der Waals surface area contributed by atoms with Crippen LogP contribution < -0.4 is 5.32 Å². The van der Waals surface area contributed by atoms with E-state index in [0.29, 0.717) is 0 Å². The Bertz CT molecular complexity index is 577. The van der Waals surface area contributed by atoms with Gasteiger partial charge in [-0.05, 0) is 65.3 Å². The zero-order chi connectivity index (χ0) is 15.5. The first-order valence-electron chi connectivity index (χ1n) is 7.36. The number of aryl methyl sites for hydroxylation is 2. The van der Waals surface area contributed by atoms with Gasteiger partial charge in [-0.1, -0.05) is 0 Å². The summed E-state index contributed by atoms with van der Waals surface area (Å²) < 4.78 is 0. The number of nitrogens with one attached hydrogen (secondary N) is 1. The van der Waals surface area contributed by atoms with E-state index in [1.807, 2.05) is 12.1 Å². The van der Waals surface area contributed by atoms with Crippen LogP contribution in [0.15, 0.2) is 24.5 Å². The van der Waals surface area contributed by atoms with Crippen molar-refractivity contribution in [2.24, 2.45) is 0 Å². The van der Waals surface area contributed by atoms with E-state index in [1.54, 1.807) is 12.4 Å². The number of aromatic nitrogens is 3. The van der Waals surface area contributed by atoms with Crippen LogP contribution in [0.4, 0.5) is 0 Å². The molecule has 2 heterocycles. The first-order chi connectivity index (χ1) is 9.87. The highest BCUT2D eigenvalue weighted by Gasteiger charge is 2.12. The second-order valence-corrected chi connectivity index (χ2v) is 6.36. The number of pyridine rings is 1. The van der Waals surface area contributed by atoms with Crippen LogP contribution in [0.1, 0.15) is 37.7 Å². The maximum atomic E-state index is 4.65. The molecular weight excluding hydrogens is 260 g/mol. The molecule has 4 nitrogen and oxygen atoms in total. The average molecular weight is 284 g/mol. The number of hydrogen-bond donors (Lipinski definition) is 1. The highest BCUT2D eigenvalue weighted by atomic mass is 14.9. The van der Waals surface area contributed by atoms with Crippen LogP contribution in [-0.4, -0.2) is 27.0 Å². The fourth-order valence-electron chi connectivity index (χ4n) is 2.29. The van der Waals surface area contributed by atoms with Gasteiger partial charge in [0.05, 0.1) is 0 Å². The van der Waals surface area contributed by atoms with E-state index in [0.717, 1.165) is 35.7 Å². The van der Waals surface area contributed by atoms with Crippen molar-refractivity contribution in [3.63, 3.8) is 0 Å². The van der Waals surface area contributed by atoms with Gasteiger partial charge in [0, 0.05) is 34.9 Å². The number of hydrogen-bond acceptors (Lipinski definition) is 4. The molecule has 112 valence electrons. The molecular formula is C17H24N4. The molecule has 2 rings (SSSR count). The molecule has 0 aliphatic carbocycles. The molecule has 21 heavy (non-hydrogen) atoms. The third kappa shape index (κ3) is 4.33. The Labute approximate surface area is 127 Å². The van der Waals surface area contributed by atoms with Gasteiger partial charge in [-0.3, -0.25) is 4.98 Å². The summed E-state index contributed by atoms with van der Waals surface area (Å²) in [5.41, 5.74) is 4.51. The van der Waals surface area contributed by atoms with Crippen LogP contribution in [0.5, 0.6) is 0 Å². The van der Waals surface area contributed by atoms with Crippen molar-refractivity contribution in [1.82, 2.24) is 20.3 Å². The van der Waals surface area contributed by atoms with Gasteiger partial charge < -0.3 is 5.32 Å². The van der Waals surface area contributed by atoms with E-state index in [4.69, 9.17) is 0 Å². The number of rotatable bonds is 4. The fourth-order valence-corrected chi connectivity index (χ4v) is 2.29. The molecule has 0 aromatic carbocycles. The lowest BCUT2D eigenvalue weighted by Gasteiger charge is -2.21. The highest BCUT2D eigenvalue weighted by molar-refractivity contribution is 5.54. The molecule has 0 spiro atoms. The summed E-state index contributed by atoms with van der Waals surface area (Å²) in [6, 6.07) is 3.88. The van der Waals surface area contributed by atoms with Crippen molar-refractivity contribution in [2.45, 2.75) is 46.6 Å². The molecule has 1 N–H and O–H groups in total. The Morgan fingerprint density at radius 1 is 1.00 bits per heavy atom. The topological polar surface area (TPSA) is 50.7 Å². The number of nitrogens with zero attached hydrogens (tertiary/aromatic N) is 3. The van der Waals surface area contributed by atoms with Crippen LogP contribution in [-0.2, 0) is 6.42 Å². The third-order valence-electron chi connectivity index (χ3n) is 3.39. The summed E-state index contributed by atoms with van der Waals surface area (Å²) in [5.74, 6) is 0.778. The second-order valence-electron chi connectivity index (χ2n) is 6.36. The van der Waals surface area contributed by atoms with Gasteiger partial charge in [0.15, 0.2) is 5.82 Å². The summed E-state index contributed by atoms with van der Waals surface area (Å²) in [6.07, 6.45) is 4.49. The SMILES string of the molecule is Cc1nc(-c2ccncc2)nc(C)c1CCNC(C)(C)C. The Morgan fingerprint density at radius 3 is 2.10 bits per heavy atom. The molecule has 4 heteroatoms. The van der Waals surface area contributed by atoms with Crippen molar-refractivity contribution >= 4 is 0 Å². The van der Waals surface area contributed by atoms with Gasteiger partial charge in [-0.2, -0.15) is 0 Å².